The van der Waals surface area contributed by atoms with Crippen LogP contribution in [0.25, 0.3) is 39.5 Å². The number of carbonyl (C=O) groups excluding carboxylic acids is 1. The first kappa shape index (κ1) is 25.5. The van der Waals surface area contributed by atoms with Crippen LogP contribution in [0.2, 0.25) is 0 Å². The first-order valence-corrected chi connectivity index (χ1v) is 13.3. The SMILES string of the molecule is COC(=O)C(C)(C)C1CCN(c2ccc(-n3c(-c4cccnc4N)nc4ccc(-c5ccccc5)nc43)cn2)C1. The van der Waals surface area contributed by atoms with Crippen molar-refractivity contribution in [3.63, 3.8) is 0 Å². The van der Waals surface area contributed by atoms with Gasteiger partial charge in [0.1, 0.15) is 17.2 Å². The smallest absolute Gasteiger partial charge is 0.311 e. The third kappa shape index (κ3) is 4.43. The van der Waals surface area contributed by atoms with Gasteiger partial charge < -0.3 is 15.4 Å². The van der Waals surface area contributed by atoms with E-state index in [1.165, 1.54) is 7.11 Å². The molecule has 6 rings (SSSR count). The number of nitrogen functional groups attached to an aromatic ring is 1. The number of hydrogen-bond acceptors (Lipinski definition) is 8. The molecule has 1 aliphatic heterocycles. The fraction of sp³-hybridized carbons (Fsp3) is 0.258. The number of carbonyl (C=O) groups is 1. The number of benzene rings is 1. The van der Waals surface area contributed by atoms with Gasteiger partial charge in [0.15, 0.2) is 11.5 Å². The van der Waals surface area contributed by atoms with E-state index >= 15 is 0 Å². The molecular formula is C31H31N7O2. The Morgan fingerprint density at radius 1 is 1.00 bits per heavy atom. The van der Waals surface area contributed by atoms with Crippen LogP contribution in [0.1, 0.15) is 20.3 Å². The minimum absolute atomic E-state index is 0.180. The van der Waals surface area contributed by atoms with Gasteiger partial charge in [-0.05, 0) is 62.6 Å². The fourth-order valence-electron chi connectivity index (χ4n) is 5.44. The Labute approximate surface area is 232 Å². The van der Waals surface area contributed by atoms with Crippen LogP contribution in [0, 0.1) is 11.3 Å². The Morgan fingerprint density at radius 3 is 2.55 bits per heavy atom. The summed E-state index contributed by atoms with van der Waals surface area (Å²) in [6, 6.07) is 21.8. The second kappa shape index (κ2) is 10.1. The molecule has 1 atom stereocenters. The maximum Gasteiger partial charge on any atom is 0.311 e. The molecule has 2 N–H and O–H groups in total. The van der Waals surface area contributed by atoms with E-state index in [0.717, 1.165) is 53.4 Å². The first-order valence-electron chi connectivity index (χ1n) is 13.3. The van der Waals surface area contributed by atoms with Crippen LogP contribution in [0.3, 0.4) is 0 Å². The van der Waals surface area contributed by atoms with Gasteiger partial charge in [-0.1, -0.05) is 30.3 Å². The molecule has 1 aliphatic rings. The number of imidazole rings is 1. The molecule has 0 bridgehead atoms. The Balaban J connectivity index is 1.40. The molecule has 9 nitrogen and oxygen atoms in total. The maximum atomic E-state index is 12.3. The Morgan fingerprint density at radius 2 is 1.82 bits per heavy atom. The van der Waals surface area contributed by atoms with Crippen molar-refractivity contribution in [2.24, 2.45) is 11.3 Å². The number of hydrogen-bond donors (Lipinski definition) is 1. The Hall–Kier alpha value is -4.79. The van der Waals surface area contributed by atoms with Gasteiger partial charge in [-0.15, -0.1) is 0 Å². The fourth-order valence-corrected chi connectivity index (χ4v) is 5.44. The number of esters is 1. The lowest BCUT2D eigenvalue weighted by atomic mass is 9.78. The van der Waals surface area contributed by atoms with Crippen LogP contribution in [0.5, 0.6) is 0 Å². The van der Waals surface area contributed by atoms with Crippen molar-refractivity contribution in [1.29, 1.82) is 0 Å². The van der Waals surface area contributed by atoms with Crippen molar-refractivity contribution in [1.82, 2.24) is 24.5 Å². The lowest BCUT2D eigenvalue weighted by molar-refractivity contribution is -0.153. The van der Waals surface area contributed by atoms with E-state index in [1.807, 2.05) is 91.3 Å². The van der Waals surface area contributed by atoms with Crippen molar-refractivity contribution in [3.05, 3.63) is 79.1 Å². The van der Waals surface area contributed by atoms with Gasteiger partial charge in [-0.25, -0.2) is 19.9 Å². The maximum absolute atomic E-state index is 12.3. The summed E-state index contributed by atoms with van der Waals surface area (Å²) in [5.74, 6) is 1.90. The van der Waals surface area contributed by atoms with Crippen LogP contribution in [-0.4, -0.2) is 50.7 Å². The number of nitrogens with two attached hydrogens (primary N) is 1. The molecule has 4 aromatic heterocycles. The number of methoxy groups -OCH3 is 1. The summed E-state index contributed by atoms with van der Waals surface area (Å²) < 4.78 is 7.04. The average molecular weight is 534 g/mol. The standard InChI is InChI=1S/C31H31N7O2/c1-31(2,30(39)40-3)21-15-17-37(19-21)26-14-11-22(18-34-26)38-28(23-10-7-16-33-27(23)32)36-25-13-12-24(35-29(25)38)20-8-5-4-6-9-20/h4-14,16,18,21H,15,17,19H2,1-3H3,(H2,32,33). The number of rotatable bonds is 6. The molecular weight excluding hydrogens is 502 g/mol. The highest BCUT2D eigenvalue weighted by Gasteiger charge is 2.41. The van der Waals surface area contributed by atoms with E-state index in [9.17, 15) is 4.79 Å². The molecule has 0 radical (unpaired) electrons. The van der Waals surface area contributed by atoms with Crippen molar-refractivity contribution in [2.45, 2.75) is 20.3 Å². The summed E-state index contributed by atoms with van der Waals surface area (Å²) in [6.45, 7) is 5.47. The molecule has 0 saturated carbocycles. The predicted molar refractivity (Wildman–Crippen MR) is 156 cm³/mol. The second-order valence-corrected chi connectivity index (χ2v) is 10.6. The largest absolute Gasteiger partial charge is 0.469 e. The van der Waals surface area contributed by atoms with Gasteiger partial charge >= 0.3 is 5.97 Å². The third-order valence-electron chi connectivity index (χ3n) is 7.89. The quantitative estimate of drug-likeness (QED) is 0.298. The van der Waals surface area contributed by atoms with Crippen LogP contribution < -0.4 is 10.6 Å². The van der Waals surface area contributed by atoms with E-state index in [4.69, 9.17) is 25.4 Å². The number of pyridine rings is 3. The van der Waals surface area contributed by atoms with Crippen molar-refractivity contribution < 1.29 is 9.53 Å². The van der Waals surface area contributed by atoms with Gasteiger partial charge in [0.25, 0.3) is 0 Å². The number of anilines is 2. The molecule has 1 fully saturated rings. The summed E-state index contributed by atoms with van der Waals surface area (Å²) in [7, 11) is 1.45. The highest BCUT2D eigenvalue weighted by atomic mass is 16.5. The monoisotopic (exact) mass is 533 g/mol. The van der Waals surface area contributed by atoms with Crippen molar-refractivity contribution in [2.75, 3.05) is 30.8 Å². The third-order valence-corrected chi connectivity index (χ3v) is 7.89. The van der Waals surface area contributed by atoms with Gasteiger partial charge in [-0.3, -0.25) is 9.36 Å². The second-order valence-electron chi connectivity index (χ2n) is 10.6. The van der Waals surface area contributed by atoms with Crippen LogP contribution in [-0.2, 0) is 9.53 Å². The summed E-state index contributed by atoms with van der Waals surface area (Å²) in [5, 5.41) is 0. The van der Waals surface area contributed by atoms with Crippen LogP contribution in [0.4, 0.5) is 11.6 Å². The molecule has 0 amide bonds. The van der Waals surface area contributed by atoms with E-state index in [1.54, 1.807) is 6.20 Å². The topological polar surface area (TPSA) is 112 Å². The summed E-state index contributed by atoms with van der Waals surface area (Å²) in [5.41, 5.74) is 10.6. The molecule has 0 spiro atoms. The highest BCUT2D eigenvalue weighted by Crippen LogP contribution is 2.37. The summed E-state index contributed by atoms with van der Waals surface area (Å²) >= 11 is 0. The molecule has 202 valence electrons. The van der Waals surface area contributed by atoms with E-state index in [2.05, 4.69) is 9.88 Å². The average Bonchev–Trinajstić information content (AvgIpc) is 3.63. The number of nitrogens with zero attached hydrogens (tertiary/aromatic N) is 6. The Bertz CT molecular complexity index is 1680. The van der Waals surface area contributed by atoms with Gasteiger partial charge in [-0.2, -0.15) is 0 Å². The number of fused-ring (bicyclic) bond motifs is 1. The predicted octanol–water partition coefficient (Wildman–Crippen LogP) is 5.15. The number of aromatic nitrogens is 5. The lowest BCUT2D eigenvalue weighted by Gasteiger charge is -2.28. The lowest BCUT2D eigenvalue weighted by Crippen LogP contribution is -2.36. The van der Waals surface area contributed by atoms with Crippen molar-refractivity contribution in [3.8, 4) is 28.3 Å². The minimum atomic E-state index is -0.556. The molecule has 40 heavy (non-hydrogen) atoms. The van der Waals surface area contributed by atoms with Crippen LogP contribution in [0.15, 0.2) is 79.1 Å². The Kier molecular flexibility index (Phi) is 6.42. The van der Waals surface area contributed by atoms with Crippen LogP contribution >= 0.6 is 0 Å². The van der Waals surface area contributed by atoms with E-state index in [0.29, 0.717) is 17.3 Å². The summed E-state index contributed by atoms with van der Waals surface area (Å²) in [6.07, 6.45) is 4.40. The zero-order chi connectivity index (χ0) is 27.9. The summed E-state index contributed by atoms with van der Waals surface area (Å²) in [4.78, 5) is 33.6. The zero-order valence-corrected chi connectivity index (χ0v) is 22.8. The van der Waals surface area contributed by atoms with E-state index in [-0.39, 0.29) is 11.9 Å². The van der Waals surface area contributed by atoms with Gasteiger partial charge in [0, 0.05) is 24.8 Å². The molecule has 1 unspecified atom stereocenters. The number of ether oxygens (including phenoxy) is 1. The highest BCUT2D eigenvalue weighted by molar-refractivity contribution is 5.84. The van der Waals surface area contributed by atoms with E-state index < -0.39 is 5.41 Å². The molecule has 1 aromatic carbocycles. The molecule has 5 heterocycles. The molecule has 5 aromatic rings. The molecule has 0 aliphatic carbocycles. The zero-order valence-electron chi connectivity index (χ0n) is 22.8. The van der Waals surface area contributed by atoms with Crippen molar-refractivity contribution >= 4 is 28.8 Å². The minimum Gasteiger partial charge on any atom is -0.469 e. The first-order chi connectivity index (χ1) is 19.4. The molecule has 9 heteroatoms. The van der Waals surface area contributed by atoms with Gasteiger partial charge in [0.05, 0.1) is 35.7 Å². The van der Waals surface area contributed by atoms with Gasteiger partial charge in [0.2, 0.25) is 0 Å². The molecule has 1 saturated heterocycles. The normalized spacial score (nSPS) is 15.5.